The summed E-state index contributed by atoms with van der Waals surface area (Å²) in [6.45, 7) is 12.1. The molecule has 1 unspecified atom stereocenters. The molecule has 5 heterocycles. The Balaban J connectivity index is 0.839. The number of aliphatic hydroxyl groups is 1. The molecule has 60 heavy (non-hydrogen) atoms. The SMILES string of the molecule is Cc1ncsc1-c1ccc([C@H](C)NC(=O)[C@@H]2C[C@@H](O)CN2C(=O)[C@@H](C(=O)C=C(N)OCCN2C[C@@H]3C(c4c(C)[nH]c5nnc(-c6ccccc6O)cc45)[C@@H]3C2)C(C)C)cc1. The predicted molar refractivity (Wildman–Crippen MR) is 228 cm³/mol. The number of fused-ring (bicyclic) bond motifs is 2. The van der Waals surface area contributed by atoms with Crippen LogP contribution in [0, 0.1) is 37.5 Å². The summed E-state index contributed by atoms with van der Waals surface area (Å²) < 4.78 is 5.80. The molecule has 5 aromatic rings. The molecule has 3 aliphatic rings. The highest BCUT2D eigenvalue weighted by molar-refractivity contribution is 7.13. The molecule has 2 aliphatic heterocycles. The lowest BCUT2D eigenvalue weighted by molar-refractivity contribution is -0.146. The number of rotatable bonds is 14. The van der Waals surface area contributed by atoms with Crippen LogP contribution in [0.4, 0.5) is 0 Å². The van der Waals surface area contributed by atoms with E-state index in [4.69, 9.17) is 10.5 Å². The number of hydrogen-bond donors (Lipinski definition) is 5. The van der Waals surface area contributed by atoms with Crippen molar-refractivity contribution in [3.8, 4) is 27.4 Å². The van der Waals surface area contributed by atoms with Gasteiger partial charge < -0.3 is 35.9 Å². The van der Waals surface area contributed by atoms with Crippen LogP contribution in [-0.2, 0) is 19.1 Å². The Morgan fingerprint density at radius 3 is 2.47 bits per heavy atom. The quantitative estimate of drug-likeness (QED) is 0.0559. The maximum absolute atomic E-state index is 14.0. The Kier molecular flexibility index (Phi) is 11.5. The van der Waals surface area contributed by atoms with E-state index in [1.54, 1.807) is 37.3 Å². The fourth-order valence-electron chi connectivity index (χ4n) is 9.29. The van der Waals surface area contributed by atoms with Gasteiger partial charge in [-0.15, -0.1) is 21.5 Å². The number of nitrogens with two attached hydrogens (primary N) is 1. The lowest BCUT2D eigenvalue weighted by Crippen LogP contribution is -2.50. The summed E-state index contributed by atoms with van der Waals surface area (Å²) in [5.41, 5.74) is 15.3. The number of aryl methyl sites for hydroxylation is 2. The van der Waals surface area contributed by atoms with Gasteiger partial charge >= 0.3 is 0 Å². The van der Waals surface area contributed by atoms with E-state index in [9.17, 15) is 24.6 Å². The second-order valence-corrected chi connectivity index (χ2v) is 17.7. The highest BCUT2D eigenvalue weighted by Gasteiger charge is 2.57. The molecule has 15 heteroatoms. The molecular weight excluding hydrogens is 781 g/mol. The molecule has 1 saturated carbocycles. The Labute approximate surface area is 352 Å². The van der Waals surface area contributed by atoms with Gasteiger partial charge in [-0.1, -0.05) is 50.2 Å². The number of aromatic nitrogens is 4. The zero-order valence-corrected chi connectivity index (χ0v) is 35.3. The largest absolute Gasteiger partial charge is 0.507 e. The summed E-state index contributed by atoms with van der Waals surface area (Å²) in [4.78, 5) is 53.7. The number of allylic oxidation sites excluding steroid dienone is 1. The zero-order chi connectivity index (χ0) is 42.4. The van der Waals surface area contributed by atoms with Crippen LogP contribution in [0.5, 0.6) is 5.75 Å². The van der Waals surface area contributed by atoms with Crippen LogP contribution in [0.25, 0.3) is 32.7 Å². The van der Waals surface area contributed by atoms with Crippen LogP contribution in [0.1, 0.15) is 61.7 Å². The second kappa shape index (κ2) is 16.8. The average Bonchev–Trinajstić information content (AvgIpc) is 3.72. The van der Waals surface area contributed by atoms with Gasteiger partial charge in [0.05, 0.1) is 33.9 Å². The number of aliphatic hydroxyl groups excluding tert-OH is 1. The molecule has 2 amide bonds. The maximum atomic E-state index is 14.0. The predicted octanol–water partition coefficient (Wildman–Crippen LogP) is 5.21. The Bertz CT molecular complexity index is 2430. The van der Waals surface area contributed by atoms with E-state index < -0.39 is 41.6 Å². The van der Waals surface area contributed by atoms with E-state index in [1.165, 1.54) is 16.5 Å². The minimum Gasteiger partial charge on any atom is -0.507 e. The summed E-state index contributed by atoms with van der Waals surface area (Å²) >= 11 is 1.57. The van der Waals surface area contributed by atoms with Crippen molar-refractivity contribution in [3.63, 3.8) is 0 Å². The first kappa shape index (κ1) is 41.1. The summed E-state index contributed by atoms with van der Waals surface area (Å²) in [6, 6.07) is 15.8. The fourth-order valence-corrected chi connectivity index (χ4v) is 10.1. The molecule has 7 atom stereocenters. The van der Waals surface area contributed by atoms with E-state index in [1.807, 2.05) is 61.8 Å². The van der Waals surface area contributed by atoms with Crippen molar-refractivity contribution in [1.82, 2.24) is 35.3 Å². The van der Waals surface area contributed by atoms with Crippen molar-refractivity contribution < 1.29 is 29.3 Å². The van der Waals surface area contributed by atoms with Crippen LogP contribution < -0.4 is 11.1 Å². The summed E-state index contributed by atoms with van der Waals surface area (Å²) in [6.07, 6.45) is 0.348. The number of carbonyl (C=O) groups excluding carboxylic acids is 3. The number of β-amino-alcohol motifs (C(OH)–C–C–N with tert-alkyl or cyclic N) is 1. The number of H-pyrrole nitrogens is 1. The first-order valence-corrected chi connectivity index (χ1v) is 21.5. The van der Waals surface area contributed by atoms with Crippen molar-refractivity contribution in [2.75, 3.05) is 32.8 Å². The van der Waals surface area contributed by atoms with Crippen molar-refractivity contribution >= 4 is 40.0 Å². The second-order valence-electron chi connectivity index (χ2n) is 16.8. The monoisotopic (exact) mass is 832 g/mol. The normalized spacial score (nSPS) is 22.6. The third-order valence-corrected chi connectivity index (χ3v) is 13.4. The molecule has 0 bridgehead atoms. The molecular formula is C45H52N8O6S. The Hall–Kier alpha value is -5.64. The molecule has 8 rings (SSSR count). The van der Waals surface area contributed by atoms with Gasteiger partial charge in [-0.05, 0) is 79.3 Å². The fraction of sp³-hybridized carbons (Fsp3) is 0.422. The Morgan fingerprint density at radius 2 is 1.78 bits per heavy atom. The number of phenols is 1. The maximum Gasteiger partial charge on any atom is 0.243 e. The van der Waals surface area contributed by atoms with Gasteiger partial charge in [-0.25, -0.2) is 4.98 Å². The number of benzene rings is 2. The molecule has 6 N–H and O–H groups in total. The van der Waals surface area contributed by atoms with Gasteiger partial charge in [-0.3, -0.25) is 19.3 Å². The van der Waals surface area contributed by atoms with E-state index >= 15 is 0 Å². The number of likely N-dealkylation sites (tertiary alicyclic amines) is 2. The first-order valence-electron chi connectivity index (χ1n) is 20.6. The number of nitrogens with zero attached hydrogens (tertiary/aromatic N) is 5. The van der Waals surface area contributed by atoms with E-state index in [2.05, 4.69) is 37.3 Å². The number of hydrogen-bond acceptors (Lipinski definition) is 12. The van der Waals surface area contributed by atoms with Gasteiger partial charge in [0.15, 0.2) is 17.3 Å². The number of nitrogens with one attached hydrogen (secondary N) is 2. The molecule has 14 nitrogen and oxygen atoms in total. The number of piperidine rings is 1. The molecule has 2 aromatic carbocycles. The summed E-state index contributed by atoms with van der Waals surface area (Å²) in [5, 5.41) is 33.9. The number of aromatic amines is 1. The van der Waals surface area contributed by atoms with Crippen LogP contribution in [0.2, 0.25) is 0 Å². The van der Waals surface area contributed by atoms with Gasteiger partial charge in [0.25, 0.3) is 0 Å². The lowest BCUT2D eigenvalue weighted by Gasteiger charge is -2.29. The number of ketones is 1. The third-order valence-electron chi connectivity index (χ3n) is 12.4. The first-order chi connectivity index (χ1) is 28.8. The van der Waals surface area contributed by atoms with Gasteiger partial charge in [0.1, 0.15) is 24.3 Å². The Morgan fingerprint density at radius 1 is 1.05 bits per heavy atom. The molecule has 314 valence electrons. The summed E-state index contributed by atoms with van der Waals surface area (Å²) in [7, 11) is 0. The van der Waals surface area contributed by atoms with E-state index in [-0.39, 0.29) is 37.2 Å². The smallest absolute Gasteiger partial charge is 0.243 e. The van der Waals surface area contributed by atoms with E-state index in [0.29, 0.717) is 35.6 Å². The number of carbonyl (C=O) groups is 3. The van der Waals surface area contributed by atoms with Crippen LogP contribution in [0.3, 0.4) is 0 Å². The van der Waals surface area contributed by atoms with Gasteiger partial charge in [0.2, 0.25) is 11.8 Å². The number of amides is 2. The van der Waals surface area contributed by atoms with E-state index in [0.717, 1.165) is 51.5 Å². The molecule has 2 saturated heterocycles. The number of ether oxygens (including phenoxy) is 1. The van der Waals surface area contributed by atoms with Crippen LogP contribution in [-0.4, -0.2) is 103 Å². The highest BCUT2D eigenvalue weighted by Crippen LogP contribution is 2.60. The third kappa shape index (κ3) is 8.13. The number of para-hydroxylation sites is 1. The number of thiazole rings is 1. The average molecular weight is 833 g/mol. The van der Waals surface area contributed by atoms with Crippen molar-refractivity contribution in [3.05, 3.63) is 94.6 Å². The van der Waals surface area contributed by atoms with Crippen molar-refractivity contribution in [2.45, 2.75) is 65.1 Å². The lowest BCUT2D eigenvalue weighted by atomic mass is 9.89. The zero-order valence-electron chi connectivity index (χ0n) is 34.5. The standard InChI is InChI=1S/C45H52N8O6S/c1-23(2)39(45(58)53-19-29(54)16-35(53)44(57)49-24(3)27-10-12-28(13-11-27)42-26(5)47-22-60-42)37(56)18-38(46)59-15-14-52-20-32-33(21-52)41(32)40-25(4)48-43-31(40)17-34(50-51-43)30-8-6-7-9-36(30)55/h6-13,17-18,22-24,29,32-33,35,39,41,54-55H,14-16,19-21,46H2,1-5H3,(H,48,51)(H,49,57)/t24-,29+,32-,33+,35-,39+,41?/m0/s1. The van der Waals surface area contributed by atoms with Crippen LogP contribution in [0.15, 0.2) is 72.1 Å². The highest BCUT2D eigenvalue weighted by atomic mass is 32.1. The molecule has 3 aromatic heterocycles. The minimum absolute atomic E-state index is 0.0493. The summed E-state index contributed by atoms with van der Waals surface area (Å²) in [5.74, 6) is -1.46. The van der Waals surface area contributed by atoms with Gasteiger partial charge in [-0.2, -0.15) is 0 Å². The molecule has 0 spiro atoms. The number of phenolic OH excluding ortho intramolecular Hbond substituents is 1. The van der Waals surface area contributed by atoms with Crippen LogP contribution >= 0.6 is 11.3 Å². The van der Waals surface area contributed by atoms with Crippen molar-refractivity contribution in [1.29, 1.82) is 0 Å². The topological polar surface area (TPSA) is 200 Å². The van der Waals surface area contributed by atoms with Crippen molar-refractivity contribution in [2.24, 2.45) is 29.4 Å². The molecule has 1 aliphatic carbocycles. The minimum atomic E-state index is -1.11. The van der Waals surface area contributed by atoms with Gasteiger partial charge in [0, 0.05) is 55.3 Å². The molecule has 3 fully saturated rings. The molecule has 0 radical (unpaired) electrons. The number of aromatic hydroxyl groups is 1.